The summed E-state index contributed by atoms with van der Waals surface area (Å²) in [5.74, 6) is 0.280. The molecule has 0 saturated heterocycles. The second-order valence-corrected chi connectivity index (χ2v) is 5.12. The molecule has 0 spiro atoms. The van der Waals surface area contributed by atoms with E-state index in [0.29, 0.717) is 0 Å². The van der Waals surface area contributed by atoms with Crippen LogP contribution in [0.1, 0.15) is 5.56 Å². The van der Waals surface area contributed by atoms with Crippen LogP contribution in [0, 0.1) is 6.92 Å². The molecule has 1 N–H and O–H groups in total. The third kappa shape index (κ3) is 1.48. The number of phenols is 1. The first kappa shape index (κ1) is 11.2. The molecule has 0 radical (unpaired) electrons. The van der Waals surface area contributed by atoms with Crippen LogP contribution in [0.5, 0.6) is 5.75 Å². The Bertz CT molecular complexity index is 973. The minimum Gasteiger partial charge on any atom is -0.508 e. The topological polar surface area (TPSA) is 33.1 Å². The van der Waals surface area contributed by atoms with E-state index in [1.165, 1.54) is 10.8 Å². The van der Waals surface area contributed by atoms with Crippen LogP contribution in [0.15, 0.2) is 54.6 Å². The van der Waals surface area contributed by atoms with Crippen molar-refractivity contribution in [1.29, 1.82) is 0 Å². The normalized spacial score (nSPS) is 11.4. The van der Waals surface area contributed by atoms with Gasteiger partial charge >= 0.3 is 0 Å². The summed E-state index contributed by atoms with van der Waals surface area (Å²) in [6.07, 6.45) is 0. The van der Waals surface area contributed by atoms with Gasteiger partial charge in [0.05, 0.1) is 11.0 Å². The van der Waals surface area contributed by atoms with E-state index < -0.39 is 0 Å². The van der Waals surface area contributed by atoms with Crippen LogP contribution in [0.4, 0.5) is 0 Å². The molecule has 4 rings (SSSR count). The Labute approximate surface area is 116 Å². The number of aromatic hydroxyl groups is 1. The quantitative estimate of drug-likeness (QED) is 0.371. The lowest BCUT2D eigenvalue weighted by Gasteiger charge is -2.09. The van der Waals surface area contributed by atoms with Gasteiger partial charge in [-0.25, -0.2) is 4.98 Å². The molecule has 0 unspecified atom stereocenters. The van der Waals surface area contributed by atoms with Gasteiger partial charge in [-0.15, -0.1) is 0 Å². The average Bonchev–Trinajstić information content (AvgIpc) is 2.48. The zero-order valence-electron chi connectivity index (χ0n) is 11.1. The molecule has 0 atom stereocenters. The van der Waals surface area contributed by atoms with Crippen LogP contribution in [-0.4, -0.2) is 10.1 Å². The second kappa shape index (κ2) is 3.94. The van der Waals surface area contributed by atoms with Gasteiger partial charge in [0.25, 0.3) is 0 Å². The number of phenolic OH excluding ortho intramolecular Hbond substituents is 1. The van der Waals surface area contributed by atoms with E-state index in [9.17, 15) is 5.11 Å². The number of pyridine rings is 1. The van der Waals surface area contributed by atoms with Crippen molar-refractivity contribution in [3.8, 4) is 5.75 Å². The highest BCUT2D eigenvalue weighted by atomic mass is 16.3. The molecule has 0 amide bonds. The summed E-state index contributed by atoms with van der Waals surface area (Å²) >= 11 is 0. The lowest BCUT2D eigenvalue weighted by molar-refractivity contribution is 0.476. The van der Waals surface area contributed by atoms with Crippen molar-refractivity contribution in [2.24, 2.45) is 0 Å². The van der Waals surface area contributed by atoms with E-state index >= 15 is 0 Å². The van der Waals surface area contributed by atoms with Crippen molar-refractivity contribution in [2.45, 2.75) is 6.92 Å². The Morgan fingerprint density at radius 2 is 1.70 bits per heavy atom. The maximum Gasteiger partial charge on any atom is 0.116 e. The number of fused-ring (bicyclic) bond motifs is 4. The van der Waals surface area contributed by atoms with Crippen LogP contribution in [-0.2, 0) is 0 Å². The molecule has 20 heavy (non-hydrogen) atoms. The van der Waals surface area contributed by atoms with Crippen LogP contribution in [0.2, 0.25) is 0 Å². The molecule has 96 valence electrons. The van der Waals surface area contributed by atoms with E-state index in [4.69, 9.17) is 4.98 Å². The van der Waals surface area contributed by atoms with Crippen LogP contribution in [0.3, 0.4) is 0 Å². The molecular formula is C18H13NO. The Kier molecular flexibility index (Phi) is 2.21. The lowest BCUT2D eigenvalue weighted by atomic mass is 10.00. The van der Waals surface area contributed by atoms with Crippen LogP contribution >= 0.6 is 0 Å². The van der Waals surface area contributed by atoms with Crippen molar-refractivity contribution >= 4 is 32.6 Å². The molecule has 1 aromatic heterocycles. The summed E-state index contributed by atoms with van der Waals surface area (Å²) in [5, 5.41) is 14.2. The van der Waals surface area contributed by atoms with E-state index in [0.717, 1.165) is 27.4 Å². The van der Waals surface area contributed by atoms with Crippen molar-refractivity contribution in [3.05, 3.63) is 60.2 Å². The SMILES string of the molecule is Cc1c2cc(O)ccc2nc2c1ccc1ccccc12. The fraction of sp³-hybridized carbons (Fsp3) is 0.0556. The van der Waals surface area contributed by atoms with Gasteiger partial charge in [0, 0.05) is 16.2 Å². The summed E-state index contributed by atoms with van der Waals surface area (Å²) in [4.78, 5) is 4.80. The number of hydrogen-bond donors (Lipinski definition) is 1. The van der Waals surface area contributed by atoms with Crippen molar-refractivity contribution in [1.82, 2.24) is 4.98 Å². The number of nitrogens with zero attached hydrogens (tertiary/aromatic N) is 1. The zero-order chi connectivity index (χ0) is 13.7. The van der Waals surface area contributed by atoms with Crippen molar-refractivity contribution < 1.29 is 5.11 Å². The fourth-order valence-corrected chi connectivity index (χ4v) is 2.87. The van der Waals surface area contributed by atoms with Gasteiger partial charge in [-0.05, 0) is 36.1 Å². The lowest BCUT2D eigenvalue weighted by Crippen LogP contribution is -1.89. The number of aryl methyl sites for hydroxylation is 1. The molecule has 0 saturated carbocycles. The van der Waals surface area contributed by atoms with Gasteiger partial charge in [-0.2, -0.15) is 0 Å². The molecule has 3 aromatic carbocycles. The largest absolute Gasteiger partial charge is 0.508 e. The molecule has 0 aliphatic rings. The summed E-state index contributed by atoms with van der Waals surface area (Å²) in [6.45, 7) is 2.08. The first-order valence-electron chi connectivity index (χ1n) is 6.65. The van der Waals surface area contributed by atoms with Crippen molar-refractivity contribution in [2.75, 3.05) is 0 Å². The summed E-state index contributed by atoms with van der Waals surface area (Å²) in [6, 6.07) is 17.9. The predicted molar refractivity (Wildman–Crippen MR) is 83.2 cm³/mol. The summed E-state index contributed by atoms with van der Waals surface area (Å²) in [5.41, 5.74) is 3.11. The van der Waals surface area contributed by atoms with Crippen LogP contribution < -0.4 is 0 Å². The predicted octanol–water partition coefficient (Wildman–Crippen LogP) is 4.56. The highest BCUT2D eigenvalue weighted by Gasteiger charge is 2.08. The van der Waals surface area contributed by atoms with Crippen LogP contribution in [0.25, 0.3) is 32.6 Å². The Hall–Kier alpha value is -2.61. The van der Waals surface area contributed by atoms with E-state index in [-0.39, 0.29) is 5.75 Å². The smallest absolute Gasteiger partial charge is 0.116 e. The van der Waals surface area contributed by atoms with Gasteiger partial charge < -0.3 is 5.11 Å². The molecule has 0 fully saturated rings. The maximum absolute atomic E-state index is 9.67. The fourth-order valence-electron chi connectivity index (χ4n) is 2.87. The summed E-state index contributed by atoms with van der Waals surface area (Å²) in [7, 11) is 0. The van der Waals surface area contributed by atoms with Gasteiger partial charge in [-0.1, -0.05) is 36.4 Å². The molecular weight excluding hydrogens is 246 g/mol. The standard InChI is InChI=1S/C18H13NO/c1-11-14-8-6-12-4-2-3-5-15(12)18(14)19-17-9-7-13(20)10-16(11)17/h2-10,20H,1H3. The molecule has 4 aromatic rings. The number of aromatic nitrogens is 1. The minimum atomic E-state index is 0.280. The second-order valence-electron chi connectivity index (χ2n) is 5.12. The number of rotatable bonds is 0. The monoisotopic (exact) mass is 259 g/mol. The zero-order valence-corrected chi connectivity index (χ0v) is 11.1. The third-order valence-corrected chi connectivity index (χ3v) is 3.92. The highest BCUT2D eigenvalue weighted by Crippen LogP contribution is 2.31. The molecule has 1 heterocycles. The van der Waals surface area contributed by atoms with E-state index in [1.54, 1.807) is 12.1 Å². The average molecular weight is 259 g/mol. The van der Waals surface area contributed by atoms with Crippen molar-refractivity contribution in [3.63, 3.8) is 0 Å². The van der Waals surface area contributed by atoms with Gasteiger partial charge in [0.2, 0.25) is 0 Å². The Balaban J connectivity index is 2.28. The van der Waals surface area contributed by atoms with Gasteiger partial charge in [0.15, 0.2) is 0 Å². The summed E-state index contributed by atoms with van der Waals surface area (Å²) < 4.78 is 0. The van der Waals surface area contributed by atoms with Gasteiger partial charge in [-0.3, -0.25) is 0 Å². The minimum absolute atomic E-state index is 0.280. The van der Waals surface area contributed by atoms with E-state index in [1.807, 2.05) is 18.2 Å². The molecule has 0 bridgehead atoms. The Morgan fingerprint density at radius 3 is 2.60 bits per heavy atom. The first-order valence-corrected chi connectivity index (χ1v) is 6.65. The molecule has 0 aliphatic heterocycles. The molecule has 0 aliphatic carbocycles. The number of benzene rings is 3. The maximum atomic E-state index is 9.67. The first-order chi connectivity index (χ1) is 9.74. The highest BCUT2D eigenvalue weighted by molar-refractivity contribution is 6.10. The van der Waals surface area contributed by atoms with Gasteiger partial charge in [0.1, 0.15) is 5.75 Å². The third-order valence-electron chi connectivity index (χ3n) is 3.92. The number of hydrogen-bond acceptors (Lipinski definition) is 2. The van der Waals surface area contributed by atoms with E-state index in [2.05, 4.69) is 31.2 Å². The molecule has 2 nitrogen and oxygen atoms in total. The Morgan fingerprint density at radius 1 is 0.850 bits per heavy atom. The molecule has 2 heteroatoms.